The summed E-state index contributed by atoms with van der Waals surface area (Å²) in [7, 11) is -3.69. The topological polar surface area (TPSA) is 68.6 Å². The Kier molecular flexibility index (Phi) is 4.47. The van der Waals surface area contributed by atoms with Gasteiger partial charge in [-0.2, -0.15) is 0 Å². The highest BCUT2D eigenvalue weighted by Gasteiger charge is 2.26. The van der Waals surface area contributed by atoms with E-state index in [2.05, 4.69) is 0 Å². The van der Waals surface area contributed by atoms with E-state index in [1.54, 1.807) is 29.2 Å². The smallest absolute Gasteiger partial charge is 0.267 e. The fraction of sp³-hybridized carbons (Fsp3) is 0.353. The molecule has 7 heteroatoms. The molecule has 0 radical (unpaired) electrons. The molecule has 1 aliphatic rings. The summed E-state index contributed by atoms with van der Waals surface area (Å²) in [5.41, 5.74) is 1.35. The van der Waals surface area contributed by atoms with Crippen molar-refractivity contribution in [1.29, 1.82) is 0 Å². The van der Waals surface area contributed by atoms with Crippen LogP contribution >= 0.6 is 0 Å². The number of aryl methyl sites for hydroxylation is 1. The number of hydrogen-bond donors (Lipinski definition) is 0. The van der Waals surface area contributed by atoms with Gasteiger partial charge in [0, 0.05) is 18.9 Å². The van der Waals surface area contributed by atoms with Crippen LogP contribution in [0.2, 0.25) is 0 Å². The predicted molar refractivity (Wildman–Crippen MR) is 89.5 cm³/mol. The van der Waals surface area contributed by atoms with Gasteiger partial charge in [-0.3, -0.25) is 4.79 Å². The summed E-state index contributed by atoms with van der Waals surface area (Å²) in [5.74, 6) is -0.177. The number of benzene rings is 1. The van der Waals surface area contributed by atoms with Crippen molar-refractivity contribution in [2.75, 3.05) is 19.8 Å². The van der Waals surface area contributed by atoms with Crippen LogP contribution in [0.25, 0.3) is 0 Å². The number of nitrogens with zero attached hydrogens (tertiary/aromatic N) is 2. The molecule has 1 amide bonds. The molecule has 3 rings (SSSR count). The molecule has 2 aromatic rings. The number of rotatable bonds is 3. The quantitative estimate of drug-likeness (QED) is 0.849. The summed E-state index contributed by atoms with van der Waals surface area (Å²) in [4.78, 5) is 14.5. The van der Waals surface area contributed by atoms with Crippen LogP contribution in [0.3, 0.4) is 0 Å². The number of morpholine rings is 1. The maximum atomic E-state index is 12.6. The normalized spacial score (nSPS) is 18.6. The number of carbonyl (C=O) groups excluding carboxylic acids is 1. The molecule has 0 N–H and O–H groups in total. The van der Waals surface area contributed by atoms with E-state index in [9.17, 15) is 13.2 Å². The van der Waals surface area contributed by atoms with E-state index in [0.29, 0.717) is 25.3 Å². The Morgan fingerprint density at radius 1 is 1.21 bits per heavy atom. The van der Waals surface area contributed by atoms with Crippen molar-refractivity contribution in [3.8, 4) is 0 Å². The van der Waals surface area contributed by atoms with Crippen molar-refractivity contribution < 1.29 is 17.9 Å². The van der Waals surface area contributed by atoms with Crippen LogP contribution in [0, 0.1) is 6.92 Å². The first-order chi connectivity index (χ1) is 11.4. The first-order valence-corrected chi connectivity index (χ1v) is 9.22. The van der Waals surface area contributed by atoms with E-state index in [0.717, 1.165) is 9.54 Å². The molecule has 2 heterocycles. The lowest BCUT2D eigenvalue weighted by Gasteiger charge is -2.33. The minimum absolute atomic E-state index is 0.0247. The van der Waals surface area contributed by atoms with E-state index in [1.165, 1.54) is 18.5 Å². The molecule has 1 atom stereocenters. The van der Waals surface area contributed by atoms with E-state index >= 15 is 0 Å². The van der Waals surface area contributed by atoms with Gasteiger partial charge < -0.3 is 9.64 Å². The van der Waals surface area contributed by atoms with Crippen LogP contribution in [-0.4, -0.2) is 49.0 Å². The molecule has 0 unspecified atom stereocenters. The summed E-state index contributed by atoms with van der Waals surface area (Å²) in [6.07, 6.45) is 2.78. The first kappa shape index (κ1) is 16.7. The van der Waals surface area contributed by atoms with Crippen LogP contribution in [0.5, 0.6) is 0 Å². The number of hydrogen-bond acceptors (Lipinski definition) is 4. The molecule has 128 valence electrons. The van der Waals surface area contributed by atoms with E-state index in [-0.39, 0.29) is 16.8 Å². The predicted octanol–water partition coefficient (Wildman–Crippen LogP) is 1.89. The fourth-order valence-electron chi connectivity index (χ4n) is 2.68. The summed E-state index contributed by atoms with van der Waals surface area (Å²) in [6.45, 7) is 5.31. The Morgan fingerprint density at radius 2 is 1.92 bits per heavy atom. The first-order valence-electron chi connectivity index (χ1n) is 7.78. The molecular weight excluding hydrogens is 328 g/mol. The van der Waals surface area contributed by atoms with Gasteiger partial charge in [0.1, 0.15) is 0 Å². The third kappa shape index (κ3) is 3.09. The van der Waals surface area contributed by atoms with Gasteiger partial charge in [-0.05, 0) is 32.0 Å². The Hall–Kier alpha value is -2.12. The molecule has 0 spiro atoms. The van der Waals surface area contributed by atoms with Crippen LogP contribution < -0.4 is 0 Å². The third-order valence-corrected chi connectivity index (χ3v) is 5.79. The maximum Gasteiger partial charge on any atom is 0.267 e. The number of amides is 1. The van der Waals surface area contributed by atoms with Crippen LogP contribution in [0.4, 0.5) is 0 Å². The largest absolute Gasteiger partial charge is 0.377 e. The highest BCUT2D eigenvalue weighted by atomic mass is 32.2. The second-order valence-electron chi connectivity index (χ2n) is 5.97. The molecule has 1 fully saturated rings. The van der Waals surface area contributed by atoms with E-state index in [1.807, 2.05) is 13.8 Å². The molecule has 0 aliphatic carbocycles. The summed E-state index contributed by atoms with van der Waals surface area (Å²) in [6, 6.07) is 8.14. The number of carbonyl (C=O) groups is 1. The van der Waals surface area contributed by atoms with Crippen molar-refractivity contribution >= 4 is 15.9 Å². The molecule has 0 saturated carbocycles. The Labute approximate surface area is 141 Å². The third-order valence-electron chi connectivity index (χ3n) is 4.14. The van der Waals surface area contributed by atoms with Gasteiger partial charge >= 0.3 is 0 Å². The maximum absolute atomic E-state index is 12.6. The lowest BCUT2D eigenvalue weighted by molar-refractivity contribution is 0.00360. The van der Waals surface area contributed by atoms with E-state index < -0.39 is 10.0 Å². The average Bonchev–Trinajstić information content (AvgIpc) is 3.06. The number of ether oxygens (including phenoxy) is 1. The van der Waals surface area contributed by atoms with Crippen LogP contribution in [-0.2, 0) is 14.8 Å². The Morgan fingerprint density at radius 3 is 2.58 bits per heavy atom. The van der Waals surface area contributed by atoms with Crippen molar-refractivity contribution in [1.82, 2.24) is 8.87 Å². The van der Waals surface area contributed by atoms with E-state index in [4.69, 9.17) is 4.74 Å². The fourth-order valence-corrected chi connectivity index (χ4v) is 3.88. The van der Waals surface area contributed by atoms with Crippen molar-refractivity contribution in [2.24, 2.45) is 0 Å². The molecule has 24 heavy (non-hydrogen) atoms. The average molecular weight is 348 g/mol. The summed E-state index contributed by atoms with van der Waals surface area (Å²) < 4.78 is 31.7. The second-order valence-corrected chi connectivity index (χ2v) is 7.81. The second kappa shape index (κ2) is 6.41. The molecule has 0 bridgehead atoms. The van der Waals surface area contributed by atoms with Gasteiger partial charge in [-0.15, -0.1) is 0 Å². The van der Waals surface area contributed by atoms with Crippen molar-refractivity contribution in [2.45, 2.75) is 24.8 Å². The van der Waals surface area contributed by atoms with Gasteiger partial charge in [0.2, 0.25) is 0 Å². The molecule has 6 nitrogen and oxygen atoms in total. The van der Waals surface area contributed by atoms with Crippen LogP contribution in [0.15, 0.2) is 47.6 Å². The standard InChI is InChI=1S/C17H20N2O4S/c1-13-3-5-16(6-4-13)24(21,22)18-8-7-15(11-18)17(20)19-9-10-23-12-14(19)2/h3-8,11,14H,9-10,12H2,1-2H3/t14-/m0/s1. The lowest BCUT2D eigenvalue weighted by atomic mass is 10.2. The van der Waals surface area contributed by atoms with Gasteiger partial charge in [-0.25, -0.2) is 12.4 Å². The molecule has 1 aromatic carbocycles. The highest BCUT2D eigenvalue weighted by molar-refractivity contribution is 7.90. The monoisotopic (exact) mass is 348 g/mol. The Balaban J connectivity index is 1.87. The number of aromatic nitrogens is 1. The molecule has 1 aliphatic heterocycles. The summed E-state index contributed by atoms with van der Waals surface area (Å²) in [5, 5.41) is 0. The van der Waals surface area contributed by atoms with Gasteiger partial charge in [0.25, 0.3) is 15.9 Å². The SMILES string of the molecule is Cc1ccc(S(=O)(=O)n2ccc(C(=O)N3CCOC[C@@H]3C)c2)cc1. The minimum Gasteiger partial charge on any atom is -0.377 e. The van der Waals surface area contributed by atoms with Crippen molar-refractivity contribution in [3.63, 3.8) is 0 Å². The molecule has 1 saturated heterocycles. The van der Waals surface area contributed by atoms with Gasteiger partial charge in [-0.1, -0.05) is 17.7 Å². The zero-order chi connectivity index (χ0) is 17.3. The van der Waals surface area contributed by atoms with Crippen LogP contribution in [0.1, 0.15) is 22.8 Å². The zero-order valence-electron chi connectivity index (χ0n) is 13.7. The summed E-state index contributed by atoms with van der Waals surface area (Å²) >= 11 is 0. The van der Waals surface area contributed by atoms with Crippen molar-refractivity contribution in [3.05, 3.63) is 53.9 Å². The zero-order valence-corrected chi connectivity index (χ0v) is 14.5. The van der Waals surface area contributed by atoms with Gasteiger partial charge in [0.15, 0.2) is 0 Å². The Bertz CT molecular complexity index is 840. The van der Waals surface area contributed by atoms with Gasteiger partial charge in [0.05, 0.1) is 29.7 Å². The molecular formula is C17H20N2O4S. The highest BCUT2D eigenvalue weighted by Crippen LogP contribution is 2.18. The molecule has 1 aromatic heterocycles. The minimum atomic E-state index is -3.69. The lowest BCUT2D eigenvalue weighted by Crippen LogP contribution is -2.47.